The number of rotatable bonds is 2. The molecule has 0 N–H and O–H groups in total. The van der Waals surface area contributed by atoms with E-state index < -0.39 is 5.92 Å². The standard InChI is InChI=1S/C10H6Cl3NO/c1-5(15)8(4-14)7-2-6(11)3-9(12)10(7)13/h2-3,8H,1H3. The Morgan fingerprint density at radius 2 is 2.00 bits per heavy atom. The molecule has 0 bridgehead atoms. The van der Waals surface area contributed by atoms with E-state index in [1.807, 2.05) is 6.07 Å². The first-order valence-corrected chi connectivity index (χ1v) is 5.15. The van der Waals surface area contributed by atoms with Gasteiger partial charge in [0.15, 0.2) is 5.78 Å². The lowest BCUT2D eigenvalue weighted by atomic mass is 9.97. The fraction of sp³-hybridized carbons (Fsp3) is 0.200. The summed E-state index contributed by atoms with van der Waals surface area (Å²) in [7, 11) is 0. The highest BCUT2D eigenvalue weighted by Gasteiger charge is 2.21. The van der Waals surface area contributed by atoms with Gasteiger partial charge in [0.25, 0.3) is 0 Å². The van der Waals surface area contributed by atoms with Crippen LogP contribution < -0.4 is 0 Å². The Morgan fingerprint density at radius 3 is 2.47 bits per heavy atom. The molecule has 1 aromatic rings. The lowest BCUT2D eigenvalue weighted by Gasteiger charge is -2.09. The monoisotopic (exact) mass is 261 g/mol. The Kier molecular flexibility index (Phi) is 3.98. The predicted molar refractivity (Wildman–Crippen MR) is 60.5 cm³/mol. The predicted octanol–water partition coefficient (Wildman–Crippen LogP) is 3.84. The summed E-state index contributed by atoms with van der Waals surface area (Å²) in [5, 5.41) is 9.62. The summed E-state index contributed by atoms with van der Waals surface area (Å²) in [5.41, 5.74) is 0.351. The molecular formula is C10H6Cl3NO. The maximum absolute atomic E-state index is 11.2. The van der Waals surface area contributed by atoms with Crippen LogP contribution in [-0.2, 0) is 4.79 Å². The molecule has 1 aromatic carbocycles. The van der Waals surface area contributed by atoms with Crippen molar-refractivity contribution in [1.82, 2.24) is 0 Å². The number of halogens is 3. The molecule has 15 heavy (non-hydrogen) atoms. The third-order valence-corrected chi connectivity index (χ3v) is 2.90. The molecule has 0 saturated carbocycles. The van der Waals surface area contributed by atoms with Gasteiger partial charge in [-0.15, -0.1) is 0 Å². The Labute approximate surface area is 102 Å². The second-order valence-corrected chi connectivity index (χ2v) is 4.19. The Bertz CT molecular complexity index is 451. The topological polar surface area (TPSA) is 40.9 Å². The molecule has 5 heteroatoms. The molecule has 0 spiro atoms. The van der Waals surface area contributed by atoms with Gasteiger partial charge in [-0.3, -0.25) is 4.79 Å². The zero-order valence-electron chi connectivity index (χ0n) is 7.72. The molecule has 0 radical (unpaired) electrons. The van der Waals surface area contributed by atoms with E-state index in [4.69, 9.17) is 40.1 Å². The molecule has 1 atom stereocenters. The summed E-state index contributed by atoms with van der Waals surface area (Å²) in [6.07, 6.45) is 0. The highest BCUT2D eigenvalue weighted by molar-refractivity contribution is 6.43. The van der Waals surface area contributed by atoms with Gasteiger partial charge in [-0.05, 0) is 24.6 Å². The molecule has 2 nitrogen and oxygen atoms in total. The van der Waals surface area contributed by atoms with Gasteiger partial charge in [-0.1, -0.05) is 34.8 Å². The lowest BCUT2D eigenvalue weighted by Crippen LogP contribution is -2.07. The maximum Gasteiger partial charge on any atom is 0.151 e. The van der Waals surface area contributed by atoms with Crippen molar-refractivity contribution >= 4 is 40.6 Å². The van der Waals surface area contributed by atoms with E-state index in [9.17, 15) is 4.79 Å². The van der Waals surface area contributed by atoms with Gasteiger partial charge < -0.3 is 0 Å². The number of benzene rings is 1. The number of hydrogen-bond donors (Lipinski definition) is 0. The fourth-order valence-electron chi connectivity index (χ4n) is 1.17. The normalized spacial score (nSPS) is 11.9. The smallest absolute Gasteiger partial charge is 0.151 e. The highest BCUT2D eigenvalue weighted by atomic mass is 35.5. The van der Waals surface area contributed by atoms with E-state index >= 15 is 0 Å². The summed E-state index contributed by atoms with van der Waals surface area (Å²) in [6, 6.07) is 4.80. The van der Waals surface area contributed by atoms with E-state index in [1.165, 1.54) is 19.1 Å². The minimum atomic E-state index is -0.923. The van der Waals surface area contributed by atoms with Crippen molar-refractivity contribution in [2.24, 2.45) is 0 Å². The van der Waals surface area contributed by atoms with Gasteiger partial charge in [-0.25, -0.2) is 0 Å². The second kappa shape index (κ2) is 4.85. The zero-order chi connectivity index (χ0) is 11.6. The van der Waals surface area contributed by atoms with Crippen LogP contribution in [0.3, 0.4) is 0 Å². The fourth-order valence-corrected chi connectivity index (χ4v) is 1.89. The molecular weight excluding hydrogens is 256 g/mol. The summed E-state index contributed by atoms with van der Waals surface area (Å²) in [6.45, 7) is 1.32. The number of nitrogens with zero attached hydrogens (tertiary/aromatic N) is 1. The van der Waals surface area contributed by atoms with E-state index in [0.717, 1.165) is 0 Å². The van der Waals surface area contributed by atoms with Crippen molar-refractivity contribution in [1.29, 1.82) is 5.26 Å². The van der Waals surface area contributed by atoms with Crippen LogP contribution in [0, 0.1) is 11.3 Å². The molecule has 0 amide bonds. The number of ketones is 1. The molecule has 0 fully saturated rings. The quantitative estimate of drug-likeness (QED) is 0.760. The van der Waals surface area contributed by atoms with Crippen molar-refractivity contribution in [3.05, 3.63) is 32.8 Å². The number of nitriles is 1. The third kappa shape index (κ3) is 2.63. The molecule has 0 aromatic heterocycles. The molecule has 1 unspecified atom stereocenters. The third-order valence-electron chi connectivity index (χ3n) is 1.87. The minimum absolute atomic E-state index is 0.197. The highest BCUT2D eigenvalue weighted by Crippen LogP contribution is 2.34. The number of carbonyl (C=O) groups is 1. The average molecular weight is 263 g/mol. The van der Waals surface area contributed by atoms with E-state index in [0.29, 0.717) is 10.6 Å². The molecule has 0 aliphatic rings. The van der Waals surface area contributed by atoms with Crippen LogP contribution >= 0.6 is 34.8 Å². The maximum atomic E-state index is 11.2. The van der Waals surface area contributed by atoms with E-state index in [-0.39, 0.29) is 15.8 Å². The largest absolute Gasteiger partial charge is 0.298 e. The van der Waals surface area contributed by atoms with Gasteiger partial charge in [-0.2, -0.15) is 5.26 Å². The van der Waals surface area contributed by atoms with Crippen LogP contribution in [0.5, 0.6) is 0 Å². The molecule has 0 saturated heterocycles. The number of Topliss-reactive ketones (excluding diaryl/α,β-unsaturated/α-hetero) is 1. The van der Waals surface area contributed by atoms with Crippen molar-refractivity contribution in [3.63, 3.8) is 0 Å². The average Bonchev–Trinajstić information content (AvgIpc) is 2.13. The van der Waals surface area contributed by atoms with Gasteiger partial charge in [0.2, 0.25) is 0 Å². The first-order valence-electron chi connectivity index (χ1n) is 4.02. The van der Waals surface area contributed by atoms with Crippen LogP contribution in [0.15, 0.2) is 12.1 Å². The second-order valence-electron chi connectivity index (χ2n) is 2.96. The van der Waals surface area contributed by atoms with Gasteiger partial charge >= 0.3 is 0 Å². The van der Waals surface area contributed by atoms with Gasteiger partial charge in [0.1, 0.15) is 5.92 Å². The van der Waals surface area contributed by atoms with Gasteiger partial charge in [0, 0.05) is 5.02 Å². The van der Waals surface area contributed by atoms with Crippen molar-refractivity contribution in [2.75, 3.05) is 0 Å². The summed E-state index contributed by atoms with van der Waals surface area (Å²) in [4.78, 5) is 11.2. The van der Waals surface area contributed by atoms with Crippen molar-refractivity contribution in [2.45, 2.75) is 12.8 Å². The Morgan fingerprint density at radius 1 is 1.40 bits per heavy atom. The Balaban J connectivity index is 3.37. The number of carbonyl (C=O) groups excluding carboxylic acids is 1. The summed E-state index contributed by atoms with van der Waals surface area (Å²) in [5.74, 6) is -1.22. The minimum Gasteiger partial charge on any atom is -0.298 e. The van der Waals surface area contributed by atoms with Crippen LogP contribution in [0.4, 0.5) is 0 Å². The molecule has 78 valence electrons. The molecule has 0 aliphatic carbocycles. The number of hydrogen-bond acceptors (Lipinski definition) is 2. The molecule has 1 rings (SSSR count). The SMILES string of the molecule is CC(=O)C(C#N)c1cc(Cl)cc(Cl)c1Cl. The summed E-state index contributed by atoms with van der Waals surface area (Å²) >= 11 is 17.4. The Hall–Kier alpha value is -0.750. The zero-order valence-corrected chi connectivity index (χ0v) is 9.99. The lowest BCUT2D eigenvalue weighted by molar-refractivity contribution is -0.117. The van der Waals surface area contributed by atoms with Crippen LogP contribution in [0.1, 0.15) is 18.4 Å². The van der Waals surface area contributed by atoms with Crippen LogP contribution in [-0.4, -0.2) is 5.78 Å². The first-order chi connectivity index (χ1) is 6.97. The van der Waals surface area contributed by atoms with Crippen molar-refractivity contribution < 1.29 is 4.79 Å². The van der Waals surface area contributed by atoms with Gasteiger partial charge in [0.05, 0.1) is 16.1 Å². The summed E-state index contributed by atoms with van der Waals surface area (Å²) < 4.78 is 0. The molecule has 0 aliphatic heterocycles. The molecule has 0 heterocycles. The first kappa shape index (κ1) is 12.3. The van der Waals surface area contributed by atoms with Crippen LogP contribution in [0.25, 0.3) is 0 Å². The van der Waals surface area contributed by atoms with Crippen molar-refractivity contribution in [3.8, 4) is 6.07 Å². The van der Waals surface area contributed by atoms with E-state index in [1.54, 1.807) is 0 Å². The van der Waals surface area contributed by atoms with E-state index in [2.05, 4.69) is 0 Å². The van der Waals surface area contributed by atoms with Crippen LogP contribution in [0.2, 0.25) is 15.1 Å².